The molecule has 4 N–H and O–H groups in total. The lowest BCUT2D eigenvalue weighted by atomic mass is 10.4. The van der Waals surface area contributed by atoms with Crippen molar-refractivity contribution in [2.24, 2.45) is 0 Å². The van der Waals surface area contributed by atoms with E-state index in [1.54, 1.807) is 0 Å². The van der Waals surface area contributed by atoms with Crippen molar-refractivity contribution in [2.75, 3.05) is 99.3 Å². The first-order valence-corrected chi connectivity index (χ1v) is 12.1. The van der Waals surface area contributed by atoms with Crippen molar-refractivity contribution >= 4 is 0 Å². The molecular formula is C21H36F8O13. The molecule has 0 fully saturated rings. The third kappa shape index (κ3) is 24.4. The number of rotatable bonds is 29. The SMILES string of the molecule is OCCOCC(O)COCCOCOCC(F)(F)OC(F)(F)COCC(O)COCC(F)(F)OC(F)(F)COCCO. The summed E-state index contributed by atoms with van der Waals surface area (Å²) in [7, 11) is 0. The molecule has 2 unspecified atom stereocenters. The summed E-state index contributed by atoms with van der Waals surface area (Å²) in [5.74, 6) is 0. The van der Waals surface area contributed by atoms with Gasteiger partial charge in [0.15, 0.2) is 0 Å². The molecular weight excluding hydrogens is 612 g/mol. The number of aliphatic hydroxyl groups excluding tert-OH is 4. The van der Waals surface area contributed by atoms with Crippen LogP contribution in [0.25, 0.3) is 0 Å². The number of aliphatic hydroxyl groups is 4. The van der Waals surface area contributed by atoms with Crippen molar-refractivity contribution in [3.8, 4) is 0 Å². The van der Waals surface area contributed by atoms with Crippen LogP contribution >= 0.6 is 0 Å². The summed E-state index contributed by atoms with van der Waals surface area (Å²) in [6, 6.07) is 0. The lowest BCUT2D eigenvalue weighted by Gasteiger charge is -2.24. The van der Waals surface area contributed by atoms with E-state index in [9.17, 15) is 45.3 Å². The molecule has 0 radical (unpaired) electrons. The summed E-state index contributed by atoms with van der Waals surface area (Å²) in [6.45, 7) is -11.5. The highest BCUT2D eigenvalue weighted by molar-refractivity contribution is 4.62. The Balaban J connectivity index is 4.08. The fourth-order valence-corrected chi connectivity index (χ4v) is 2.43. The maximum atomic E-state index is 13.6. The minimum Gasteiger partial charge on any atom is -0.394 e. The molecule has 42 heavy (non-hydrogen) atoms. The summed E-state index contributed by atoms with van der Waals surface area (Å²) in [5, 5.41) is 35.9. The molecule has 254 valence electrons. The van der Waals surface area contributed by atoms with E-state index in [0.717, 1.165) is 0 Å². The Labute approximate surface area is 235 Å². The molecule has 0 amide bonds. The first-order chi connectivity index (χ1) is 19.5. The molecule has 2 atom stereocenters. The van der Waals surface area contributed by atoms with Gasteiger partial charge in [0, 0.05) is 0 Å². The first-order valence-electron chi connectivity index (χ1n) is 12.1. The molecule has 0 aliphatic rings. The smallest absolute Gasteiger partial charge is 0.383 e. The highest BCUT2D eigenvalue weighted by Gasteiger charge is 2.46. The van der Waals surface area contributed by atoms with Crippen LogP contribution in [-0.2, 0) is 42.6 Å². The second kappa shape index (κ2) is 21.6. The number of hydrogen-bond acceptors (Lipinski definition) is 13. The second-order valence-corrected chi connectivity index (χ2v) is 8.12. The van der Waals surface area contributed by atoms with Crippen molar-refractivity contribution in [2.45, 2.75) is 36.6 Å². The van der Waals surface area contributed by atoms with Gasteiger partial charge in [0.2, 0.25) is 0 Å². The van der Waals surface area contributed by atoms with Crippen molar-refractivity contribution in [3.63, 3.8) is 0 Å². The summed E-state index contributed by atoms with van der Waals surface area (Å²) in [5.41, 5.74) is 0. The van der Waals surface area contributed by atoms with E-state index in [-0.39, 0.29) is 39.6 Å². The monoisotopic (exact) mass is 648 g/mol. The van der Waals surface area contributed by atoms with E-state index in [0.29, 0.717) is 0 Å². The molecule has 0 saturated heterocycles. The standard InChI is InChI=1S/C21H36F8O13/c22-18(23,11-36-4-2-31)41-19(24,25)12-38-9-17(33)10-39-13-20(26,27)42-21(28,29)14-40-15-37-6-5-35-8-16(32)7-34-3-1-30/h16-17,30-33H,1-15H2. The zero-order chi connectivity index (χ0) is 32.1. The normalized spacial score (nSPS) is 14.9. The molecule has 0 aromatic rings. The minimum absolute atomic E-state index is 0.0345. The van der Waals surface area contributed by atoms with Gasteiger partial charge in [-0.15, -0.1) is 0 Å². The zero-order valence-corrected chi connectivity index (χ0v) is 22.2. The van der Waals surface area contributed by atoms with E-state index in [1.165, 1.54) is 0 Å². The molecule has 13 nitrogen and oxygen atoms in total. The predicted octanol–water partition coefficient (Wildman–Crippen LogP) is 0.171. The molecule has 0 aliphatic heterocycles. The molecule has 0 bridgehead atoms. The lowest BCUT2D eigenvalue weighted by molar-refractivity contribution is -0.396. The van der Waals surface area contributed by atoms with Crippen molar-refractivity contribution < 1.29 is 98.2 Å². The van der Waals surface area contributed by atoms with Crippen LogP contribution < -0.4 is 0 Å². The van der Waals surface area contributed by atoms with Crippen LogP contribution in [0.4, 0.5) is 35.1 Å². The Morgan fingerprint density at radius 3 is 1.21 bits per heavy atom. The maximum Gasteiger partial charge on any atom is 0.383 e. The molecule has 0 spiro atoms. The van der Waals surface area contributed by atoms with Gasteiger partial charge in [-0.3, -0.25) is 9.47 Å². The number of ether oxygens (including phenoxy) is 9. The van der Waals surface area contributed by atoms with Gasteiger partial charge in [0.05, 0.1) is 66.1 Å². The van der Waals surface area contributed by atoms with Crippen LogP contribution in [0.1, 0.15) is 0 Å². The van der Waals surface area contributed by atoms with Crippen molar-refractivity contribution in [1.29, 1.82) is 0 Å². The Morgan fingerprint density at radius 2 is 0.762 bits per heavy atom. The molecule has 0 aliphatic carbocycles. The van der Waals surface area contributed by atoms with Gasteiger partial charge in [-0.2, -0.15) is 35.1 Å². The highest BCUT2D eigenvalue weighted by atomic mass is 19.3. The van der Waals surface area contributed by atoms with Gasteiger partial charge in [0.1, 0.15) is 45.4 Å². The van der Waals surface area contributed by atoms with Crippen molar-refractivity contribution in [3.05, 3.63) is 0 Å². The van der Waals surface area contributed by atoms with Crippen LogP contribution in [0.2, 0.25) is 0 Å². The summed E-state index contributed by atoms with van der Waals surface area (Å²) in [6.07, 6.45) is -20.9. The molecule has 0 aromatic carbocycles. The lowest BCUT2D eigenvalue weighted by Crippen LogP contribution is -2.41. The van der Waals surface area contributed by atoms with Gasteiger partial charge in [-0.1, -0.05) is 0 Å². The Hall–Kier alpha value is -1.08. The van der Waals surface area contributed by atoms with Gasteiger partial charge < -0.3 is 53.6 Å². The summed E-state index contributed by atoms with van der Waals surface area (Å²) in [4.78, 5) is 0. The highest BCUT2D eigenvalue weighted by Crippen LogP contribution is 2.28. The molecule has 0 rings (SSSR count). The van der Waals surface area contributed by atoms with Crippen LogP contribution in [0, 0.1) is 0 Å². The Morgan fingerprint density at radius 1 is 0.429 bits per heavy atom. The van der Waals surface area contributed by atoms with Gasteiger partial charge >= 0.3 is 24.4 Å². The van der Waals surface area contributed by atoms with E-state index in [4.69, 9.17) is 24.4 Å². The number of alkyl halides is 8. The molecule has 0 heterocycles. The average Bonchev–Trinajstić information content (AvgIpc) is 2.84. The molecule has 21 heteroatoms. The van der Waals surface area contributed by atoms with E-state index < -0.39 is 96.3 Å². The fraction of sp³-hybridized carbons (Fsp3) is 1.00. The fourth-order valence-electron chi connectivity index (χ4n) is 2.43. The molecule has 0 saturated carbocycles. The van der Waals surface area contributed by atoms with Crippen LogP contribution in [0.5, 0.6) is 0 Å². The quantitative estimate of drug-likeness (QED) is 0.0494. The van der Waals surface area contributed by atoms with Crippen molar-refractivity contribution in [1.82, 2.24) is 0 Å². The third-order valence-corrected chi connectivity index (χ3v) is 3.93. The topological polar surface area (TPSA) is 164 Å². The van der Waals surface area contributed by atoms with Crippen LogP contribution in [0.3, 0.4) is 0 Å². The number of hydrogen-bond donors (Lipinski definition) is 4. The maximum absolute atomic E-state index is 13.6. The van der Waals surface area contributed by atoms with E-state index in [2.05, 4.69) is 28.4 Å². The van der Waals surface area contributed by atoms with Gasteiger partial charge in [0.25, 0.3) is 0 Å². The second-order valence-electron chi connectivity index (χ2n) is 8.12. The third-order valence-electron chi connectivity index (χ3n) is 3.93. The summed E-state index contributed by atoms with van der Waals surface area (Å²) >= 11 is 0. The Kier molecular flexibility index (Phi) is 21.0. The van der Waals surface area contributed by atoms with E-state index >= 15 is 0 Å². The molecule has 0 aromatic heterocycles. The van der Waals surface area contributed by atoms with Gasteiger partial charge in [-0.05, 0) is 0 Å². The number of halogens is 8. The van der Waals surface area contributed by atoms with E-state index in [1.807, 2.05) is 0 Å². The average molecular weight is 648 g/mol. The van der Waals surface area contributed by atoms with Gasteiger partial charge in [-0.25, -0.2) is 0 Å². The largest absolute Gasteiger partial charge is 0.394 e. The predicted molar refractivity (Wildman–Crippen MR) is 119 cm³/mol. The van der Waals surface area contributed by atoms with Crippen LogP contribution in [0.15, 0.2) is 0 Å². The van der Waals surface area contributed by atoms with Crippen LogP contribution in [-0.4, -0.2) is 156 Å². The first kappa shape index (κ1) is 40.9. The zero-order valence-electron chi connectivity index (χ0n) is 22.2. The Bertz CT molecular complexity index is 668. The minimum atomic E-state index is -4.59. The summed E-state index contributed by atoms with van der Waals surface area (Å²) < 4.78 is 146.